The molecular weight excluding hydrogens is 304 g/mol. The van der Waals surface area contributed by atoms with Crippen LogP contribution in [0.25, 0.3) is 0 Å². The van der Waals surface area contributed by atoms with E-state index < -0.39 is 0 Å². The predicted octanol–water partition coefficient (Wildman–Crippen LogP) is 5.12. The number of rotatable bonds is 15. The molecule has 0 amide bonds. The van der Waals surface area contributed by atoms with Gasteiger partial charge in [-0.1, -0.05) is 64.8 Å². The molecule has 0 heterocycles. The lowest BCUT2D eigenvalue weighted by molar-refractivity contribution is -0.154. The Bertz CT molecular complexity index is 340. The standard InChI is InChI=1S/C20H34O4/c1-5-9-11-13-17(7-3)23-19(21)15-16-20(22)24-18(8-4)14-12-10-6-2/h7-8,17-18H,3-6,9-16H2,1-2H3. The normalized spacial score (nSPS) is 12.9. The zero-order valence-corrected chi connectivity index (χ0v) is 15.4. The molecule has 0 N–H and O–H groups in total. The molecule has 0 saturated carbocycles. The highest BCUT2D eigenvalue weighted by atomic mass is 16.5. The van der Waals surface area contributed by atoms with Gasteiger partial charge < -0.3 is 9.47 Å². The third-order valence-corrected chi connectivity index (χ3v) is 3.81. The molecule has 2 atom stereocenters. The van der Waals surface area contributed by atoms with Gasteiger partial charge in [-0.05, 0) is 25.7 Å². The highest BCUT2D eigenvalue weighted by Crippen LogP contribution is 2.11. The van der Waals surface area contributed by atoms with Gasteiger partial charge in [-0.15, -0.1) is 0 Å². The summed E-state index contributed by atoms with van der Waals surface area (Å²) in [5, 5.41) is 0. The lowest BCUT2D eigenvalue weighted by Crippen LogP contribution is -2.19. The molecule has 138 valence electrons. The van der Waals surface area contributed by atoms with Crippen LogP contribution in [0.3, 0.4) is 0 Å². The van der Waals surface area contributed by atoms with Crippen molar-refractivity contribution in [2.45, 2.75) is 90.3 Å². The van der Waals surface area contributed by atoms with E-state index in [9.17, 15) is 9.59 Å². The Morgan fingerprint density at radius 3 is 1.46 bits per heavy atom. The van der Waals surface area contributed by atoms with Crippen molar-refractivity contribution in [2.24, 2.45) is 0 Å². The first-order valence-corrected chi connectivity index (χ1v) is 9.21. The summed E-state index contributed by atoms with van der Waals surface area (Å²) in [6, 6.07) is 0. The first-order valence-electron chi connectivity index (χ1n) is 9.21. The summed E-state index contributed by atoms with van der Waals surface area (Å²) in [5.41, 5.74) is 0. The Kier molecular flexibility index (Phi) is 14.0. The van der Waals surface area contributed by atoms with Crippen molar-refractivity contribution in [1.29, 1.82) is 0 Å². The molecule has 0 fully saturated rings. The third-order valence-electron chi connectivity index (χ3n) is 3.81. The van der Waals surface area contributed by atoms with Crippen LogP contribution in [0.1, 0.15) is 78.1 Å². The average Bonchev–Trinajstić information content (AvgIpc) is 2.58. The number of carbonyl (C=O) groups excluding carboxylic acids is 2. The van der Waals surface area contributed by atoms with Crippen molar-refractivity contribution >= 4 is 11.9 Å². The number of unbranched alkanes of at least 4 members (excludes halogenated alkanes) is 4. The van der Waals surface area contributed by atoms with Crippen LogP contribution in [0.15, 0.2) is 25.3 Å². The van der Waals surface area contributed by atoms with Crippen molar-refractivity contribution in [3.8, 4) is 0 Å². The fourth-order valence-corrected chi connectivity index (χ4v) is 2.30. The van der Waals surface area contributed by atoms with E-state index in [4.69, 9.17) is 9.47 Å². The zero-order valence-electron chi connectivity index (χ0n) is 15.4. The Hall–Kier alpha value is -1.58. The molecule has 0 aromatic carbocycles. The molecule has 0 bridgehead atoms. The van der Waals surface area contributed by atoms with Gasteiger partial charge >= 0.3 is 11.9 Å². The Labute approximate surface area is 147 Å². The van der Waals surface area contributed by atoms with Gasteiger partial charge in [0.05, 0.1) is 12.8 Å². The molecule has 0 rings (SSSR count). The van der Waals surface area contributed by atoms with Crippen molar-refractivity contribution in [3.05, 3.63) is 25.3 Å². The molecule has 0 radical (unpaired) electrons. The van der Waals surface area contributed by atoms with E-state index in [1.54, 1.807) is 12.2 Å². The topological polar surface area (TPSA) is 52.6 Å². The maximum atomic E-state index is 11.8. The zero-order chi connectivity index (χ0) is 18.2. The fourth-order valence-electron chi connectivity index (χ4n) is 2.30. The summed E-state index contributed by atoms with van der Waals surface area (Å²) in [5.74, 6) is -0.760. The van der Waals surface area contributed by atoms with Gasteiger partial charge in [0.15, 0.2) is 0 Å². The van der Waals surface area contributed by atoms with Crippen molar-refractivity contribution in [3.63, 3.8) is 0 Å². The van der Waals surface area contributed by atoms with E-state index in [1.165, 1.54) is 0 Å². The summed E-state index contributed by atoms with van der Waals surface area (Å²) in [7, 11) is 0. The van der Waals surface area contributed by atoms with E-state index in [2.05, 4.69) is 27.0 Å². The molecule has 0 aromatic rings. The monoisotopic (exact) mass is 338 g/mol. The van der Waals surface area contributed by atoms with Crippen molar-refractivity contribution < 1.29 is 19.1 Å². The van der Waals surface area contributed by atoms with Crippen LogP contribution in [0.5, 0.6) is 0 Å². The molecule has 4 nitrogen and oxygen atoms in total. The predicted molar refractivity (Wildman–Crippen MR) is 97.7 cm³/mol. The van der Waals surface area contributed by atoms with E-state index in [1.807, 2.05) is 0 Å². The minimum Gasteiger partial charge on any atom is -0.458 e. The highest BCUT2D eigenvalue weighted by Gasteiger charge is 2.15. The summed E-state index contributed by atoms with van der Waals surface area (Å²) >= 11 is 0. The molecule has 24 heavy (non-hydrogen) atoms. The second-order valence-corrected chi connectivity index (χ2v) is 6.02. The molecule has 0 aliphatic heterocycles. The van der Waals surface area contributed by atoms with Gasteiger partial charge in [-0.2, -0.15) is 0 Å². The van der Waals surface area contributed by atoms with Crippen LogP contribution in [0.4, 0.5) is 0 Å². The summed E-state index contributed by atoms with van der Waals surface area (Å²) in [4.78, 5) is 23.6. The minimum atomic E-state index is -0.380. The second-order valence-electron chi connectivity index (χ2n) is 6.02. The highest BCUT2D eigenvalue weighted by molar-refractivity contribution is 5.77. The number of carbonyl (C=O) groups is 2. The van der Waals surface area contributed by atoms with Gasteiger partial charge in [0, 0.05) is 0 Å². The number of esters is 2. The lowest BCUT2D eigenvalue weighted by atomic mass is 10.1. The molecule has 0 aliphatic carbocycles. The summed E-state index contributed by atoms with van der Waals surface area (Å²) in [6.07, 6.45) is 10.8. The van der Waals surface area contributed by atoms with Crippen LogP contribution in [0.2, 0.25) is 0 Å². The summed E-state index contributed by atoms with van der Waals surface area (Å²) < 4.78 is 10.6. The molecule has 2 unspecified atom stereocenters. The number of hydrogen-bond donors (Lipinski definition) is 0. The Morgan fingerprint density at radius 1 is 0.792 bits per heavy atom. The number of ether oxygens (including phenoxy) is 2. The van der Waals surface area contributed by atoms with E-state index in [-0.39, 0.29) is 37.0 Å². The van der Waals surface area contributed by atoms with Crippen LogP contribution in [-0.4, -0.2) is 24.1 Å². The molecule has 0 saturated heterocycles. The number of hydrogen-bond acceptors (Lipinski definition) is 4. The van der Waals surface area contributed by atoms with Crippen molar-refractivity contribution in [2.75, 3.05) is 0 Å². The van der Waals surface area contributed by atoms with Crippen LogP contribution in [0, 0.1) is 0 Å². The lowest BCUT2D eigenvalue weighted by Gasteiger charge is -2.15. The quantitative estimate of drug-likeness (QED) is 0.236. The molecule has 4 heteroatoms. The molecular formula is C20H34O4. The second kappa shape index (κ2) is 15.0. The van der Waals surface area contributed by atoms with Gasteiger partial charge in [0.2, 0.25) is 0 Å². The van der Waals surface area contributed by atoms with E-state index >= 15 is 0 Å². The van der Waals surface area contributed by atoms with Crippen LogP contribution < -0.4 is 0 Å². The first kappa shape index (κ1) is 22.4. The summed E-state index contributed by atoms with van der Waals surface area (Å²) in [6.45, 7) is 11.6. The van der Waals surface area contributed by atoms with Crippen molar-refractivity contribution in [1.82, 2.24) is 0 Å². The minimum absolute atomic E-state index is 0.0375. The van der Waals surface area contributed by atoms with E-state index in [0.717, 1.165) is 51.4 Å². The Morgan fingerprint density at radius 2 is 1.17 bits per heavy atom. The fraction of sp³-hybridized carbons (Fsp3) is 0.700. The van der Waals surface area contributed by atoms with Gasteiger partial charge in [-0.25, -0.2) is 0 Å². The first-order chi connectivity index (χ1) is 11.6. The van der Waals surface area contributed by atoms with Gasteiger partial charge in [-0.3, -0.25) is 9.59 Å². The third kappa shape index (κ3) is 11.9. The molecule has 0 aromatic heterocycles. The smallest absolute Gasteiger partial charge is 0.306 e. The van der Waals surface area contributed by atoms with Crippen LogP contribution >= 0.6 is 0 Å². The molecule has 0 spiro atoms. The van der Waals surface area contributed by atoms with Crippen LogP contribution in [-0.2, 0) is 19.1 Å². The van der Waals surface area contributed by atoms with Gasteiger partial charge in [0.1, 0.15) is 12.2 Å². The molecule has 0 aliphatic rings. The maximum Gasteiger partial charge on any atom is 0.306 e. The van der Waals surface area contributed by atoms with E-state index in [0.29, 0.717) is 0 Å². The Balaban J connectivity index is 4.03. The van der Waals surface area contributed by atoms with Gasteiger partial charge in [0.25, 0.3) is 0 Å². The SMILES string of the molecule is C=CC(CCCCC)OC(=O)CCC(=O)OC(C=C)CCCCC. The maximum absolute atomic E-state index is 11.8. The average molecular weight is 338 g/mol. The largest absolute Gasteiger partial charge is 0.458 e.